The van der Waals surface area contributed by atoms with Crippen molar-refractivity contribution >= 4 is 56.6 Å². The number of carboxylic acids is 1. The van der Waals surface area contributed by atoms with E-state index in [1.165, 1.54) is 11.8 Å². The monoisotopic (exact) mass is 389 g/mol. The minimum absolute atomic E-state index is 0.00255. The number of halogens is 1. The van der Waals surface area contributed by atoms with Gasteiger partial charge in [-0.2, -0.15) is 11.8 Å². The zero-order chi connectivity index (χ0) is 15.4. The predicted octanol–water partition coefficient (Wildman–Crippen LogP) is 3.51. The molecular weight excluding hydrogens is 374 g/mol. The fourth-order valence-corrected chi connectivity index (χ4v) is 3.24. The van der Waals surface area contributed by atoms with Crippen LogP contribution in [0.5, 0.6) is 0 Å². The van der Waals surface area contributed by atoms with E-state index in [-0.39, 0.29) is 5.75 Å². The third-order valence-corrected chi connectivity index (χ3v) is 5.44. The van der Waals surface area contributed by atoms with Crippen molar-refractivity contribution in [1.29, 1.82) is 0 Å². The first-order valence-corrected chi connectivity index (χ1v) is 9.47. The Morgan fingerprint density at radius 2 is 2.33 bits per heavy atom. The van der Waals surface area contributed by atoms with Crippen molar-refractivity contribution in [2.75, 3.05) is 12.0 Å². The highest BCUT2D eigenvalue weighted by Gasteiger charge is 2.15. The summed E-state index contributed by atoms with van der Waals surface area (Å²) in [5.41, 5.74) is 1.59. The fraction of sp³-hybridized carbons (Fsp3) is 0.462. The number of fused-ring (bicyclic) bond motifs is 1. The SMILES string of the molecule is CSC(C)CCn1c(SCC(=O)O)nc2cc(Br)cnc21. The number of thioether (sulfide) groups is 2. The number of pyridine rings is 1. The molecule has 2 aromatic rings. The third-order valence-electron chi connectivity index (χ3n) is 3.00. The van der Waals surface area contributed by atoms with E-state index in [0.717, 1.165) is 28.6 Å². The van der Waals surface area contributed by atoms with Crippen molar-refractivity contribution in [2.24, 2.45) is 0 Å². The summed E-state index contributed by atoms with van der Waals surface area (Å²) in [6, 6.07) is 1.90. The molecule has 5 nitrogen and oxygen atoms in total. The van der Waals surface area contributed by atoms with E-state index in [1.54, 1.807) is 6.20 Å². The van der Waals surface area contributed by atoms with Crippen LogP contribution in [0.25, 0.3) is 11.2 Å². The molecule has 2 heterocycles. The highest BCUT2D eigenvalue weighted by Crippen LogP contribution is 2.26. The van der Waals surface area contributed by atoms with E-state index >= 15 is 0 Å². The first kappa shape index (κ1) is 16.6. The van der Waals surface area contributed by atoms with Gasteiger partial charge in [-0.05, 0) is 34.7 Å². The maximum atomic E-state index is 10.8. The summed E-state index contributed by atoms with van der Waals surface area (Å²) in [6.07, 6.45) is 4.82. The molecule has 0 aliphatic heterocycles. The largest absolute Gasteiger partial charge is 0.481 e. The Morgan fingerprint density at radius 1 is 1.57 bits per heavy atom. The molecule has 21 heavy (non-hydrogen) atoms. The van der Waals surface area contributed by atoms with E-state index in [0.29, 0.717) is 10.4 Å². The maximum Gasteiger partial charge on any atom is 0.313 e. The van der Waals surface area contributed by atoms with Gasteiger partial charge in [0.2, 0.25) is 0 Å². The maximum absolute atomic E-state index is 10.8. The second-order valence-corrected chi connectivity index (χ2v) is 7.69. The van der Waals surface area contributed by atoms with Crippen LogP contribution in [0.2, 0.25) is 0 Å². The smallest absolute Gasteiger partial charge is 0.313 e. The molecule has 0 radical (unpaired) electrons. The Hall–Kier alpha value is -0.730. The van der Waals surface area contributed by atoms with Crippen molar-refractivity contribution in [3.8, 4) is 0 Å². The quantitative estimate of drug-likeness (QED) is 0.730. The second kappa shape index (κ2) is 7.51. The zero-order valence-electron chi connectivity index (χ0n) is 11.7. The minimum atomic E-state index is -0.842. The van der Waals surface area contributed by atoms with Gasteiger partial charge in [0.1, 0.15) is 5.52 Å². The summed E-state index contributed by atoms with van der Waals surface area (Å²) in [7, 11) is 0. The van der Waals surface area contributed by atoms with E-state index < -0.39 is 5.97 Å². The van der Waals surface area contributed by atoms with Crippen LogP contribution >= 0.6 is 39.5 Å². The van der Waals surface area contributed by atoms with Gasteiger partial charge in [0.15, 0.2) is 10.8 Å². The number of rotatable bonds is 7. The van der Waals surface area contributed by atoms with Gasteiger partial charge in [-0.25, -0.2) is 9.97 Å². The van der Waals surface area contributed by atoms with E-state index in [9.17, 15) is 4.79 Å². The van der Waals surface area contributed by atoms with Crippen LogP contribution in [0, 0.1) is 0 Å². The van der Waals surface area contributed by atoms with Crippen LogP contribution in [-0.2, 0) is 11.3 Å². The molecule has 0 bridgehead atoms. The lowest BCUT2D eigenvalue weighted by molar-refractivity contribution is -0.133. The van der Waals surface area contributed by atoms with Crippen molar-refractivity contribution in [2.45, 2.75) is 30.3 Å². The number of carboxylic acid groups (broad SMARTS) is 1. The molecule has 2 aromatic heterocycles. The van der Waals surface area contributed by atoms with Gasteiger partial charge >= 0.3 is 5.97 Å². The van der Waals surface area contributed by atoms with Gasteiger partial charge in [-0.3, -0.25) is 4.79 Å². The molecule has 0 saturated carbocycles. The number of carbonyl (C=O) groups is 1. The predicted molar refractivity (Wildman–Crippen MR) is 91.2 cm³/mol. The van der Waals surface area contributed by atoms with Crippen LogP contribution in [-0.4, -0.2) is 42.9 Å². The number of hydrogen-bond donors (Lipinski definition) is 1. The topological polar surface area (TPSA) is 68.0 Å². The molecule has 0 spiro atoms. The first-order chi connectivity index (χ1) is 10.0. The lowest BCUT2D eigenvalue weighted by Gasteiger charge is -2.11. The van der Waals surface area contributed by atoms with Gasteiger partial charge < -0.3 is 9.67 Å². The van der Waals surface area contributed by atoms with Crippen molar-refractivity contribution < 1.29 is 9.90 Å². The molecule has 8 heteroatoms. The Morgan fingerprint density at radius 3 is 3.00 bits per heavy atom. The summed E-state index contributed by atoms with van der Waals surface area (Å²) in [5.74, 6) is -0.840. The summed E-state index contributed by atoms with van der Waals surface area (Å²) < 4.78 is 2.88. The average molecular weight is 390 g/mol. The van der Waals surface area contributed by atoms with Gasteiger partial charge in [-0.1, -0.05) is 18.7 Å². The summed E-state index contributed by atoms with van der Waals surface area (Å²) in [6.45, 7) is 2.97. The van der Waals surface area contributed by atoms with Gasteiger partial charge in [-0.15, -0.1) is 0 Å². The number of aliphatic carboxylic acids is 1. The van der Waals surface area contributed by atoms with E-state index in [2.05, 4.69) is 39.1 Å². The molecule has 0 aliphatic rings. The summed E-state index contributed by atoms with van der Waals surface area (Å²) in [5, 5.41) is 10.1. The van der Waals surface area contributed by atoms with Gasteiger partial charge in [0.05, 0.1) is 5.75 Å². The Kier molecular flexibility index (Phi) is 5.95. The standard InChI is InChI=1S/C13H16BrN3O2S2/c1-8(20-2)3-4-17-12-10(5-9(14)6-15-12)16-13(17)21-7-11(18)19/h5-6,8H,3-4,7H2,1-2H3,(H,18,19). The molecule has 114 valence electrons. The Balaban J connectivity index is 2.32. The third kappa shape index (κ3) is 4.37. The lowest BCUT2D eigenvalue weighted by Crippen LogP contribution is -2.07. The van der Waals surface area contributed by atoms with Crippen LogP contribution in [0.1, 0.15) is 13.3 Å². The molecule has 0 aromatic carbocycles. The van der Waals surface area contributed by atoms with Crippen LogP contribution in [0.15, 0.2) is 21.9 Å². The number of hydrogen-bond acceptors (Lipinski definition) is 5. The van der Waals surface area contributed by atoms with Gasteiger partial charge in [0, 0.05) is 22.5 Å². The molecule has 1 unspecified atom stereocenters. The molecule has 0 amide bonds. The number of imidazole rings is 1. The van der Waals surface area contributed by atoms with E-state index in [4.69, 9.17) is 5.11 Å². The van der Waals surface area contributed by atoms with Crippen LogP contribution in [0.3, 0.4) is 0 Å². The molecule has 1 atom stereocenters. The van der Waals surface area contributed by atoms with Crippen LogP contribution < -0.4 is 0 Å². The lowest BCUT2D eigenvalue weighted by atomic mass is 10.3. The van der Waals surface area contributed by atoms with Crippen LogP contribution in [0.4, 0.5) is 0 Å². The van der Waals surface area contributed by atoms with Crippen molar-refractivity contribution in [3.05, 3.63) is 16.7 Å². The minimum Gasteiger partial charge on any atom is -0.481 e. The Bertz CT molecular complexity index is 648. The highest BCUT2D eigenvalue weighted by molar-refractivity contribution is 9.10. The average Bonchev–Trinajstić information content (AvgIpc) is 2.79. The molecule has 1 N–H and O–H groups in total. The van der Waals surface area contributed by atoms with E-state index in [1.807, 2.05) is 22.4 Å². The number of nitrogens with zero attached hydrogens (tertiary/aromatic N) is 3. The molecule has 2 rings (SSSR count). The molecule has 0 fully saturated rings. The second-order valence-electron chi connectivity index (χ2n) is 4.56. The summed E-state index contributed by atoms with van der Waals surface area (Å²) >= 11 is 6.44. The van der Waals surface area contributed by atoms with Crippen molar-refractivity contribution in [3.63, 3.8) is 0 Å². The molecule has 0 saturated heterocycles. The van der Waals surface area contributed by atoms with Crippen molar-refractivity contribution in [1.82, 2.24) is 14.5 Å². The summed E-state index contributed by atoms with van der Waals surface area (Å²) in [4.78, 5) is 19.7. The molecular formula is C13H16BrN3O2S2. The normalized spacial score (nSPS) is 12.7. The fourth-order valence-electron chi connectivity index (χ4n) is 1.83. The highest BCUT2D eigenvalue weighted by atomic mass is 79.9. The van der Waals surface area contributed by atoms with Gasteiger partial charge in [0.25, 0.3) is 0 Å². The first-order valence-electron chi connectivity index (χ1n) is 6.40. The Labute approximate surface area is 140 Å². The number of aromatic nitrogens is 3. The molecule has 0 aliphatic carbocycles. The number of aryl methyl sites for hydroxylation is 1. The zero-order valence-corrected chi connectivity index (χ0v) is 15.0.